The molecule has 2 aliphatic rings. The first-order chi connectivity index (χ1) is 15.1. The molecule has 8 heteroatoms. The Kier molecular flexibility index (Phi) is 5.87. The van der Waals surface area contributed by atoms with Gasteiger partial charge in [0.2, 0.25) is 5.91 Å². The largest absolute Gasteiger partial charge is 0.431 e. The molecule has 3 heterocycles. The number of hydrazine groups is 1. The summed E-state index contributed by atoms with van der Waals surface area (Å²) in [6.07, 6.45) is 0.703. The molecule has 2 aliphatic heterocycles. The monoisotopic (exact) mass is 438 g/mol. The van der Waals surface area contributed by atoms with Crippen molar-refractivity contribution in [1.29, 1.82) is 0 Å². The Morgan fingerprint density at radius 3 is 2.55 bits per heavy atom. The lowest BCUT2D eigenvalue weighted by Gasteiger charge is -2.39. The Morgan fingerprint density at radius 2 is 1.84 bits per heavy atom. The molecule has 5 rings (SSSR count). The number of para-hydroxylation sites is 1. The molecule has 0 bridgehead atoms. The van der Waals surface area contributed by atoms with Crippen LogP contribution >= 0.6 is 11.3 Å². The fourth-order valence-corrected chi connectivity index (χ4v) is 4.99. The van der Waals surface area contributed by atoms with Crippen LogP contribution in [0.4, 0.5) is 0 Å². The van der Waals surface area contributed by atoms with Crippen LogP contribution in [-0.4, -0.2) is 76.3 Å². The number of aromatic nitrogens is 1. The summed E-state index contributed by atoms with van der Waals surface area (Å²) in [7, 11) is 0. The van der Waals surface area contributed by atoms with Gasteiger partial charge in [0.05, 0.1) is 29.3 Å². The fourth-order valence-electron chi connectivity index (χ4n) is 4.16. The Bertz CT molecular complexity index is 1010. The number of fused-ring (bicyclic) bond motifs is 1. The van der Waals surface area contributed by atoms with Gasteiger partial charge < -0.3 is 14.7 Å². The van der Waals surface area contributed by atoms with Crippen molar-refractivity contribution >= 4 is 27.5 Å². The summed E-state index contributed by atoms with van der Waals surface area (Å²) in [5.41, 5.74) is 2.24. The summed E-state index contributed by atoms with van der Waals surface area (Å²) in [4.78, 5) is 18.9. The van der Waals surface area contributed by atoms with Crippen LogP contribution in [0.1, 0.15) is 12.0 Å². The number of ether oxygens (including phenoxy) is 1. The lowest BCUT2D eigenvalue weighted by atomic mass is 10.1. The van der Waals surface area contributed by atoms with E-state index in [1.165, 1.54) is 5.56 Å². The molecule has 1 atom stereocenters. The van der Waals surface area contributed by atoms with E-state index in [0.717, 1.165) is 55.1 Å². The number of aliphatic hydroxyl groups excluding tert-OH is 1. The maximum absolute atomic E-state index is 12.0. The van der Waals surface area contributed by atoms with Crippen LogP contribution in [0, 0.1) is 0 Å². The van der Waals surface area contributed by atoms with Gasteiger partial charge in [0, 0.05) is 32.7 Å². The molecule has 7 nitrogen and oxygen atoms in total. The lowest BCUT2D eigenvalue weighted by molar-refractivity contribution is -0.146. The topological polar surface area (TPSA) is 69.1 Å². The van der Waals surface area contributed by atoms with Crippen molar-refractivity contribution in [3.05, 3.63) is 54.1 Å². The Hall–Kier alpha value is -2.52. The second kappa shape index (κ2) is 8.92. The number of carbonyl (C=O) groups is 1. The van der Waals surface area contributed by atoms with Crippen LogP contribution < -0.4 is 4.74 Å². The van der Waals surface area contributed by atoms with Gasteiger partial charge in [-0.2, -0.15) is 0 Å². The van der Waals surface area contributed by atoms with Gasteiger partial charge in [-0.25, -0.2) is 9.99 Å². The van der Waals surface area contributed by atoms with Crippen molar-refractivity contribution in [3.8, 4) is 10.9 Å². The van der Waals surface area contributed by atoms with E-state index >= 15 is 0 Å². The first-order valence-electron chi connectivity index (χ1n) is 10.7. The molecule has 1 aromatic heterocycles. The van der Waals surface area contributed by atoms with Gasteiger partial charge in [-0.05, 0) is 36.2 Å². The number of thiazole rings is 1. The Balaban J connectivity index is 1.09. The molecular weight excluding hydrogens is 412 g/mol. The zero-order valence-electron chi connectivity index (χ0n) is 17.3. The van der Waals surface area contributed by atoms with Gasteiger partial charge in [-0.3, -0.25) is 9.80 Å². The third-order valence-corrected chi connectivity index (χ3v) is 6.81. The molecule has 2 fully saturated rings. The highest BCUT2D eigenvalue weighted by Gasteiger charge is 2.33. The number of β-amino-alcohol motifs (C(OH)–C–C–N with tert-alkyl or cyclic N) is 1. The van der Waals surface area contributed by atoms with Crippen molar-refractivity contribution < 1.29 is 14.6 Å². The van der Waals surface area contributed by atoms with E-state index in [9.17, 15) is 9.90 Å². The molecule has 0 spiro atoms. The van der Waals surface area contributed by atoms with Crippen LogP contribution in [0.5, 0.6) is 10.9 Å². The zero-order valence-corrected chi connectivity index (χ0v) is 18.1. The number of aliphatic hydroxyl groups is 1. The summed E-state index contributed by atoms with van der Waals surface area (Å²) in [5.74, 6) is 0.836. The number of carbonyl (C=O) groups excluding carboxylic acids is 1. The standard InChI is InChI=1S/C23H26N4O3S/c28-18-15-22(29)27(16-18)26-13-11-25(12-14-26)10-9-17-5-7-19(8-6-17)30-23-24-20-3-1-2-4-21(20)31-23/h1-8,18,28H,9-16H2. The number of hydrogen-bond acceptors (Lipinski definition) is 7. The second-order valence-corrected chi connectivity index (χ2v) is 9.07. The second-order valence-electron chi connectivity index (χ2n) is 8.07. The molecule has 162 valence electrons. The van der Waals surface area contributed by atoms with Crippen molar-refractivity contribution in [2.45, 2.75) is 18.9 Å². The predicted octanol–water partition coefficient (Wildman–Crippen LogP) is 2.76. The van der Waals surface area contributed by atoms with Crippen LogP contribution in [-0.2, 0) is 11.2 Å². The average molecular weight is 439 g/mol. The van der Waals surface area contributed by atoms with Crippen molar-refractivity contribution in [3.63, 3.8) is 0 Å². The molecule has 1 N–H and O–H groups in total. The van der Waals surface area contributed by atoms with Gasteiger partial charge >= 0.3 is 0 Å². The maximum atomic E-state index is 12.0. The maximum Gasteiger partial charge on any atom is 0.279 e. The van der Waals surface area contributed by atoms with Gasteiger partial charge in [0.1, 0.15) is 5.75 Å². The number of benzene rings is 2. The van der Waals surface area contributed by atoms with E-state index < -0.39 is 6.10 Å². The SMILES string of the molecule is O=C1CC(O)CN1N1CCN(CCc2ccc(Oc3nc4ccccc4s3)cc2)CC1. The lowest BCUT2D eigenvalue weighted by Crippen LogP contribution is -2.54. The average Bonchev–Trinajstić information content (AvgIpc) is 3.35. The molecule has 1 amide bonds. The minimum Gasteiger partial charge on any atom is -0.431 e. The predicted molar refractivity (Wildman–Crippen MR) is 120 cm³/mol. The number of hydrogen-bond donors (Lipinski definition) is 1. The molecule has 3 aromatic rings. The molecular formula is C23H26N4O3S. The molecule has 1 unspecified atom stereocenters. The van der Waals surface area contributed by atoms with Gasteiger partial charge in [-0.1, -0.05) is 35.6 Å². The number of piperazine rings is 1. The van der Waals surface area contributed by atoms with Crippen molar-refractivity contribution in [2.24, 2.45) is 0 Å². The third-order valence-electron chi connectivity index (χ3n) is 5.89. The van der Waals surface area contributed by atoms with Gasteiger partial charge in [0.15, 0.2) is 0 Å². The summed E-state index contributed by atoms with van der Waals surface area (Å²) in [5, 5.41) is 14.2. The van der Waals surface area contributed by atoms with Gasteiger partial charge in [-0.15, -0.1) is 0 Å². The quantitative estimate of drug-likeness (QED) is 0.638. The Morgan fingerprint density at radius 1 is 1.06 bits per heavy atom. The summed E-state index contributed by atoms with van der Waals surface area (Å²) >= 11 is 1.55. The van der Waals surface area contributed by atoms with E-state index in [2.05, 4.69) is 33.1 Å². The molecule has 0 aliphatic carbocycles. The molecule has 2 saturated heterocycles. The smallest absolute Gasteiger partial charge is 0.279 e. The molecule has 0 radical (unpaired) electrons. The Labute approximate surface area is 185 Å². The van der Waals surface area contributed by atoms with E-state index in [0.29, 0.717) is 11.7 Å². The van der Waals surface area contributed by atoms with Gasteiger partial charge in [0.25, 0.3) is 5.19 Å². The highest BCUT2D eigenvalue weighted by Crippen LogP contribution is 2.31. The summed E-state index contributed by atoms with van der Waals surface area (Å²) in [6.45, 7) is 4.94. The fraction of sp³-hybridized carbons (Fsp3) is 0.391. The van der Waals surface area contributed by atoms with Crippen LogP contribution in [0.2, 0.25) is 0 Å². The molecule has 31 heavy (non-hydrogen) atoms. The van der Waals surface area contributed by atoms with E-state index in [1.807, 2.05) is 30.3 Å². The highest BCUT2D eigenvalue weighted by molar-refractivity contribution is 7.20. The van der Waals surface area contributed by atoms with E-state index in [-0.39, 0.29) is 12.3 Å². The molecule has 2 aromatic carbocycles. The summed E-state index contributed by atoms with van der Waals surface area (Å²) < 4.78 is 7.06. The third kappa shape index (κ3) is 4.72. The van der Waals surface area contributed by atoms with E-state index in [1.54, 1.807) is 16.3 Å². The zero-order chi connectivity index (χ0) is 21.2. The van der Waals surface area contributed by atoms with Crippen molar-refractivity contribution in [1.82, 2.24) is 19.9 Å². The normalized spacial score (nSPS) is 20.6. The molecule has 0 saturated carbocycles. The number of rotatable bonds is 6. The number of nitrogens with zero attached hydrogens (tertiary/aromatic N) is 4. The van der Waals surface area contributed by atoms with Crippen LogP contribution in [0.3, 0.4) is 0 Å². The highest BCUT2D eigenvalue weighted by atomic mass is 32.1. The first kappa shape index (κ1) is 20.4. The van der Waals surface area contributed by atoms with Crippen LogP contribution in [0.15, 0.2) is 48.5 Å². The van der Waals surface area contributed by atoms with Crippen LogP contribution in [0.25, 0.3) is 10.2 Å². The van der Waals surface area contributed by atoms with Crippen molar-refractivity contribution in [2.75, 3.05) is 39.3 Å². The minimum absolute atomic E-state index is 0.0362. The number of amides is 1. The van der Waals surface area contributed by atoms with E-state index in [4.69, 9.17) is 4.74 Å². The summed E-state index contributed by atoms with van der Waals surface area (Å²) in [6, 6.07) is 16.3. The first-order valence-corrected chi connectivity index (χ1v) is 11.5. The minimum atomic E-state index is -0.521.